The van der Waals surface area contributed by atoms with Crippen molar-refractivity contribution < 1.29 is 29.0 Å². The Labute approximate surface area is 216 Å². The zero-order chi connectivity index (χ0) is 26.7. The van der Waals surface area contributed by atoms with Crippen LogP contribution in [0.5, 0.6) is 0 Å². The van der Waals surface area contributed by atoms with Crippen molar-refractivity contribution in [3.05, 3.63) is 95.1 Å². The first-order chi connectivity index (χ1) is 17.5. The Kier molecular flexibility index (Phi) is 7.34. The van der Waals surface area contributed by atoms with Gasteiger partial charge in [-0.15, -0.1) is 0 Å². The van der Waals surface area contributed by atoms with E-state index in [1.807, 2.05) is 48.5 Å². The van der Waals surface area contributed by atoms with Gasteiger partial charge >= 0.3 is 18.0 Å². The van der Waals surface area contributed by atoms with Gasteiger partial charge in [-0.2, -0.15) is 0 Å². The minimum absolute atomic E-state index is 0.00661. The highest BCUT2D eigenvalue weighted by Crippen LogP contribution is 2.44. The van der Waals surface area contributed by atoms with Crippen LogP contribution in [0.1, 0.15) is 53.7 Å². The van der Waals surface area contributed by atoms with Gasteiger partial charge in [0, 0.05) is 19.4 Å². The second kappa shape index (κ2) is 10.5. The molecule has 0 aromatic heterocycles. The zero-order valence-corrected chi connectivity index (χ0v) is 21.4. The highest BCUT2D eigenvalue weighted by molar-refractivity contribution is 5.90. The zero-order valence-electron chi connectivity index (χ0n) is 21.4. The number of ether oxygens (including phenoxy) is 2. The smallest absolute Gasteiger partial charge is 0.410 e. The van der Waals surface area contributed by atoms with Crippen molar-refractivity contribution in [2.75, 3.05) is 13.7 Å². The Hall–Kier alpha value is -4.13. The number of carboxylic acid groups (broad SMARTS) is 1. The number of benzene rings is 3. The van der Waals surface area contributed by atoms with Crippen LogP contribution in [0.3, 0.4) is 0 Å². The topological polar surface area (TPSA) is 93.1 Å². The van der Waals surface area contributed by atoms with E-state index in [9.17, 15) is 19.5 Å². The standard InChI is InChI=1S/C30H31NO6/c1-30(2,3)37-28(34)20-11-9-10-19(16-20)17-26(27(32)33)31(4)29(35)36-18-25-23-14-7-5-12-21(23)22-13-6-8-15-24(22)25/h5-16,25-26H,17-18H2,1-4H3,(H,32,33). The number of carbonyl (C=O) groups is 3. The molecular weight excluding hydrogens is 470 g/mol. The van der Waals surface area contributed by atoms with E-state index in [-0.39, 0.29) is 18.9 Å². The van der Waals surface area contributed by atoms with E-state index >= 15 is 0 Å². The molecule has 1 N–H and O–H groups in total. The highest BCUT2D eigenvalue weighted by Gasteiger charge is 2.32. The number of hydrogen-bond acceptors (Lipinski definition) is 5. The van der Waals surface area contributed by atoms with Crippen LogP contribution in [0.4, 0.5) is 4.79 Å². The van der Waals surface area contributed by atoms with Gasteiger partial charge in [0.15, 0.2) is 0 Å². The summed E-state index contributed by atoms with van der Waals surface area (Å²) >= 11 is 0. The van der Waals surface area contributed by atoms with E-state index in [1.54, 1.807) is 45.0 Å². The second-order valence-corrected chi connectivity index (χ2v) is 10.2. The van der Waals surface area contributed by atoms with Crippen molar-refractivity contribution in [2.45, 2.75) is 44.8 Å². The third-order valence-electron chi connectivity index (χ3n) is 6.37. The summed E-state index contributed by atoms with van der Waals surface area (Å²) in [7, 11) is 1.41. The maximum atomic E-state index is 13.0. The summed E-state index contributed by atoms with van der Waals surface area (Å²) in [5.74, 6) is -1.79. The van der Waals surface area contributed by atoms with Gasteiger partial charge in [-0.1, -0.05) is 60.7 Å². The van der Waals surface area contributed by atoms with Crippen molar-refractivity contribution in [1.29, 1.82) is 0 Å². The fourth-order valence-electron chi connectivity index (χ4n) is 4.60. The van der Waals surface area contributed by atoms with E-state index in [0.29, 0.717) is 11.1 Å². The molecule has 0 fully saturated rings. The number of likely N-dealkylation sites (N-methyl/N-ethyl adjacent to an activating group) is 1. The molecule has 192 valence electrons. The maximum Gasteiger partial charge on any atom is 0.410 e. The van der Waals surface area contributed by atoms with Crippen molar-refractivity contribution in [3.8, 4) is 11.1 Å². The van der Waals surface area contributed by atoms with Gasteiger partial charge in [-0.3, -0.25) is 4.90 Å². The number of esters is 1. The molecule has 1 aliphatic rings. The molecule has 3 aromatic rings. The van der Waals surface area contributed by atoms with E-state index in [1.165, 1.54) is 7.05 Å². The van der Waals surface area contributed by atoms with Gasteiger partial charge in [-0.25, -0.2) is 14.4 Å². The van der Waals surface area contributed by atoms with Crippen molar-refractivity contribution >= 4 is 18.0 Å². The van der Waals surface area contributed by atoms with Crippen LogP contribution in [0.25, 0.3) is 11.1 Å². The number of fused-ring (bicyclic) bond motifs is 3. The molecule has 1 unspecified atom stereocenters. The molecule has 37 heavy (non-hydrogen) atoms. The van der Waals surface area contributed by atoms with Crippen molar-refractivity contribution in [3.63, 3.8) is 0 Å². The summed E-state index contributed by atoms with van der Waals surface area (Å²) in [6.07, 6.45) is -0.718. The Morgan fingerprint density at radius 3 is 2.08 bits per heavy atom. The number of aliphatic carboxylic acids is 1. The lowest BCUT2D eigenvalue weighted by Crippen LogP contribution is -2.44. The molecule has 3 aromatic carbocycles. The summed E-state index contributed by atoms with van der Waals surface area (Å²) in [5.41, 5.74) is 4.64. The molecule has 0 aliphatic heterocycles. The molecular formula is C30H31NO6. The number of nitrogens with zero attached hydrogens (tertiary/aromatic N) is 1. The summed E-state index contributed by atoms with van der Waals surface area (Å²) in [4.78, 5) is 38.6. The molecule has 0 radical (unpaired) electrons. The van der Waals surface area contributed by atoms with Gasteiger partial charge in [0.1, 0.15) is 18.2 Å². The number of amides is 1. The van der Waals surface area contributed by atoms with Crippen LogP contribution in [-0.2, 0) is 20.7 Å². The monoisotopic (exact) mass is 501 g/mol. The first-order valence-corrected chi connectivity index (χ1v) is 12.2. The molecule has 1 atom stereocenters. The quantitative estimate of drug-likeness (QED) is 0.429. The van der Waals surface area contributed by atoms with Crippen molar-refractivity contribution in [1.82, 2.24) is 4.90 Å². The largest absolute Gasteiger partial charge is 0.480 e. The van der Waals surface area contributed by atoms with Gasteiger partial charge in [-0.05, 0) is 60.7 Å². The lowest BCUT2D eigenvalue weighted by molar-refractivity contribution is -0.142. The fourth-order valence-corrected chi connectivity index (χ4v) is 4.60. The number of carboxylic acids is 1. The molecule has 0 spiro atoms. The predicted octanol–water partition coefficient (Wildman–Crippen LogP) is 5.52. The number of carbonyl (C=O) groups excluding carboxylic acids is 2. The summed E-state index contributed by atoms with van der Waals surface area (Å²) in [6.45, 7) is 5.42. The first kappa shape index (κ1) is 25.9. The average molecular weight is 502 g/mol. The molecule has 1 aliphatic carbocycles. The van der Waals surface area contributed by atoms with E-state index in [4.69, 9.17) is 9.47 Å². The Morgan fingerprint density at radius 2 is 1.51 bits per heavy atom. The average Bonchev–Trinajstić information content (AvgIpc) is 3.18. The Morgan fingerprint density at radius 1 is 0.919 bits per heavy atom. The van der Waals surface area contributed by atoms with Crippen LogP contribution in [0.15, 0.2) is 72.8 Å². The van der Waals surface area contributed by atoms with Crippen molar-refractivity contribution in [2.24, 2.45) is 0 Å². The van der Waals surface area contributed by atoms with Crippen LogP contribution in [0.2, 0.25) is 0 Å². The third kappa shape index (κ3) is 5.82. The van der Waals surface area contributed by atoms with Gasteiger partial charge in [0.25, 0.3) is 0 Å². The Bertz CT molecular complexity index is 1280. The van der Waals surface area contributed by atoms with Gasteiger partial charge in [0.2, 0.25) is 0 Å². The van der Waals surface area contributed by atoms with Crippen LogP contribution in [0, 0.1) is 0 Å². The molecule has 0 heterocycles. The Balaban J connectivity index is 1.45. The van der Waals surface area contributed by atoms with E-state index in [2.05, 4.69) is 0 Å². The first-order valence-electron chi connectivity index (χ1n) is 12.2. The SMILES string of the molecule is CN(C(=O)OCC1c2ccccc2-c2ccccc21)C(Cc1cccc(C(=O)OC(C)(C)C)c1)C(=O)O. The van der Waals surface area contributed by atoms with Gasteiger partial charge < -0.3 is 14.6 Å². The summed E-state index contributed by atoms with van der Waals surface area (Å²) in [6, 6.07) is 21.4. The normalized spacial score (nSPS) is 13.3. The number of rotatable bonds is 7. The molecule has 7 heteroatoms. The molecule has 1 amide bonds. The maximum absolute atomic E-state index is 13.0. The highest BCUT2D eigenvalue weighted by atomic mass is 16.6. The minimum atomic E-state index is -1.18. The summed E-state index contributed by atoms with van der Waals surface area (Å²) in [5, 5.41) is 9.88. The molecule has 0 saturated carbocycles. The van der Waals surface area contributed by atoms with Crippen LogP contribution >= 0.6 is 0 Å². The summed E-state index contributed by atoms with van der Waals surface area (Å²) < 4.78 is 11.0. The predicted molar refractivity (Wildman–Crippen MR) is 140 cm³/mol. The van der Waals surface area contributed by atoms with Crippen LogP contribution < -0.4 is 0 Å². The number of hydrogen-bond donors (Lipinski definition) is 1. The molecule has 7 nitrogen and oxygen atoms in total. The third-order valence-corrected chi connectivity index (χ3v) is 6.37. The lowest BCUT2D eigenvalue weighted by atomic mass is 9.98. The fraction of sp³-hybridized carbons (Fsp3) is 0.300. The van der Waals surface area contributed by atoms with E-state index < -0.39 is 29.7 Å². The van der Waals surface area contributed by atoms with E-state index in [0.717, 1.165) is 27.2 Å². The second-order valence-electron chi connectivity index (χ2n) is 10.2. The lowest BCUT2D eigenvalue weighted by Gasteiger charge is -2.25. The van der Waals surface area contributed by atoms with Gasteiger partial charge in [0.05, 0.1) is 5.56 Å². The minimum Gasteiger partial charge on any atom is -0.480 e. The van der Waals surface area contributed by atoms with Crippen LogP contribution in [-0.4, -0.2) is 53.3 Å². The molecule has 4 rings (SSSR count). The molecule has 0 bridgehead atoms. The molecule has 0 saturated heterocycles.